The summed E-state index contributed by atoms with van der Waals surface area (Å²) in [6.07, 6.45) is 2.13. The maximum absolute atomic E-state index is 14.6. The molecule has 3 unspecified atom stereocenters. The number of esters is 2. The average Bonchev–Trinajstić information content (AvgIpc) is 3.50. The van der Waals surface area contributed by atoms with E-state index in [1.165, 1.54) is 25.3 Å². The second-order valence-electron chi connectivity index (χ2n) is 11.7. The van der Waals surface area contributed by atoms with Crippen LogP contribution in [0.1, 0.15) is 81.9 Å². The van der Waals surface area contributed by atoms with Gasteiger partial charge in [-0.15, -0.1) is 11.3 Å². The fourth-order valence-corrected chi connectivity index (χ4v) is 5.70. The van der Waals surface area contributed by atoms with Crippen LogP contribution < -0.4 is 4.74 Å². The minimum Gasteiger partial charge on any atom is -0.496 e. The molecular weight excluding hydrogens is 548 g/mol. The normalized spacial score (nSPS) is 22.7. The number of hydrogen-bond acceptors (Lipinski definition) is 11. The van der Waals surface area contributed by atoms with Gasteiger partial charge in [0.15, 0.2) is 5.54 Å². The Morgan fingerprint density at radius 2 is 1.88 bits per heavy atom. The van der Waals surface area contributed by atoms with Crippen molar-refractivity contribution in [2.24, 2.45) is 5.16 Å². The molecule has 1 aliphatic rings. The van der Waals surface area contributed by atoms with Gasteiger partial charge in [0.2, 0.25) is 5.60 Å². The number of aromatic nitrogens is 1. The van der Waals surface area contributed by atoms with Crippen LogP contribution in [0.4, 0.5) is 0 Å². The minimum atomic E-state index is -2.03. The van der Waals surface area contributed by atoms with E-state index in [9.17, 15) is 19.6 Å². The van der Waals surface area contributed by atoms with Crippen molar-refractivity contribution >= 4 is 35.4 Å². The highest BCUT2D eigenvalue weighted by molar-refractivity contribution is 7.09. The van der Waals surface area contributed by atoms with Gasteiger partial charge in [-0.2, -0.15) is 5.26 Å². The SMILES string of the molecule is CO/N=C/C1(C(=O)OC(C)(C)C)CC(C#N)(OC(C)=O)C(c2nccs2)N1C(=O)c1ccc(C(C)(C)C)c(OC)c1. The van der Waals surface area contributed by atoms with E-state index in [-0.39, 0.29) is 16.0 Å². The van der Waals surface area contributed by atoms with E-state index in [1.54, 1.807) is 44.4 Å². The fraction of sp³-hybridized carbons (Fsp3) is 0.517. The van der Waals surface area contributed by atoms with Crippen LogP contribution in [0.5, 0.6) is 5.75 Å². The molecule has 0 N–H and O–H groups in total. The van der Waals surface area contributed by atoms with Crippen LogP contribution in [-0.2, 0) is 29.3 Å². The van der Waals surface area contributed by atoms with Crippen LogP contribution >= 0.6 is 11.3 Å². The van der Waals surface area contributed by atoms with Gasteiger partial charge in [0.05, 0.1) is 13.3 Å². The third-order valence-corrected chi connectivity index (χ3v) is 7.29. The topological polar surface area (TPSA) is 140 Å². The van der Waals surface area contributed by atoms with E-state index in [2.05, 4.69) is 16.2 Å². The maximum atomic E-state index is 14.6. The molecule has 2 aromatic rings. The molecule has 1 fully saturated rings. The van der Waals surface area contributed by atoms with Gasteiger partial charge in [0.25, 0.3) is 5.91 Å². The molecule has 0 radical (unpaired) electrons. The molecule has 1 aromatic carbocycles. The summed E-state index contributed by atoms with van der Waals surface area (Å²) in [6.45, 7) is 12.2. The highest BCUT2D eigenvalue weighted by Crippen LogP contribution is 2.53. The molecule has 41 heavy (non-hydrogen) atoms. The van der Waals surface area contributed by atoms with Gasteiger partial charge in [-0.05, 0) is 43.9 Å². The zero-order chi connectivity index (χ0) is 30.8. The third-order valence-electron chi connectivity index (χ3n) is 6.46. The van der Waals surface area contributed by atoms with Gasteiger partial charge in [0, 0.05) is 30.5 Å². The molecule has 0 spiro atoms. The van der Waals surface area contributed by atoms with Crippen molar-refractivity contribution in [2.75, 3.05) is 14.2 Å². The van der Waals surface area contributed by atoms with Gasteiger partial charge in [-0.3, -0.25) is 9.59 Å². The predicted molar refractivity (Wildman–Crippen MR) is 152 cm³/mol. The van der Waals surface area contributed by atoms with Crippen LogP contribution in [0, 0.1) is 11.3 Å². The smallest absolute Gasteiger partial charge is 0.338 e. The quantitative estimate of drug-likeness (QED) is 0.260. The number of carbonyl (C=O) groups is 3. The first-order valence-electron chi connectivity index (χ1n) is 12.9. The summed E-state index contributed by atoms with van der Waals surface area (Å²) in [5, 5.41) is 16.3. The van der Waals surface area contributed by atoms with Crippen LogP contribution in [0.25, 0.3) is 0 Å². The maximum Gasteiger partial charge on any atom is 0.338 e. The number of thiazole rings is 1. The molecule has 220 valence electrons. The van der Waals surface area contributed by atoms with Crippen LogP contribution in [0.3, 0.4) is 0 Å². The number of nitriles is 1. The molecule has 1 aromatic heterocycles. The molecule has 11 nitrogen and oxygen atoms in total. The zero-order valence-electron chi connectivity index (χ0n) is 24.8. The van der Waals surface area contributed by atoms with Gasteiger partial charge < -0.3 is 23.9 Å². The predicted octanol–water partition coefficient (Wildman–Crippen LogP) is 4.57. The molecule has 2 heterocycles. The molecule has 12 heteroatoms. The Balaban J connectivity index is 2.40. The number of oxime groups is 1. The first-order valence-corrected chi connectivity index (χ1v) is 13.8. The Labute approximate surface area is 244 Å². The van der Waals surface area contributed by atoms with Gasteiger partial charge in [0.1, 0.15) is 35.6 Å². The number of carbonyl (C=O) groups excluding carboxylic acids is 3. The van der Waals surface area contributed by atoms with Gasteiger partial charge in [-0.1, -0.05) is 32.0 Å². The molecule has 1 amide bonds. The Hall–Kier alpha value is -3.98. The second-order valence-corrected chi connectivity index (χ2v) is 12.7. The molecule has 3 rings (SSSR count). The Kier molecular flexibility index (Phi) is 8.84. The second kappa shape index (κ2) is 11.5. The van der Waals surface area contributed by atoms with Crippen molar-refractivity contribution in [2.45, 2.75) is 83.1 Å². The van der Waals surface area contributed by atoms with Crippen molar-refractivity contribution in [1.82, 2.24) is 9.88 Å². The monoisotopic (exact) mass is 584 g/mol. The number of rotatable bonds is 7. The van der Waals surface area contributed by atoms with E-state index < -0.39 is 47.0 Å². The van der Waals surface area contributed by atoms with Crippen molar-refractivity contribution in [3.05, 3.63) is 45.9 Å². The Bertz CT molecular complexity index is 1370. The fourth-order valence-electron chi connectivity index (χ4n) is 4.89. The summed E-state index contributed by atoms with van der Waals surface area (Å²) in [4.78, 5) is 51.6. The van der Waals surface area contributed by atoms with E-state index >= 15 is 0 Å². The first-order chi connectivity index (χ1) is 19.0. The molecule has 0 saturated carbocycles. The Morgan fingerprint density at radius 1 is 1.20 bits per heavy atom. The average molecular weight is 585 g/mol. The molecule has 0 bridgehead atoms. The summed E-state index contributed by atoms with van der Waals surface area (Å²) in [7, 11) is 2.78. The van der Waals surface area contributed by atoms with Crippen molar-refractivity contribution < 1.29 is 33.4 Å². The molecule has 3 atom stereocenters. The van der Waals surface area contributed by atoms with Crippen LogP contribution in [-0.4, -0.2) is 64.9 Å². The minimum absolute atomic E-state index is 0.159. The molecule has 0 aliphatic carbocycles. The molecule has 1 aliphatic heterocycles. The summed E-state index contributed by atoms with van der Waals surface area (Å²) in [6, 6.07) is 5.76. The lowest BCUT2D eigenvalue weighted by Crippen LogP contribution is -2.57. The number of hydrogen-bond donors (Lipinski definition) is 0. The summed E-state index contributed by atoms with van der Waals surface area (Å²) < 4.78 is 17.1. The van der Waals surface area contributed by atoms with E-state index in [0.717, 1.165) is 30.0 Å². The van der Waals surface area contributed by atoms with E-state index in [0.29, 0.717) is 5.75 Å². The van der Waals surface area contributed by atoms with Gasteiger partial charge >= 0.3 is 11.9 Å². The number of benzene rings is 1. The van der Waals surface area contributed by atoms with Gasteiger partial charge in [-0.25, -0.2) is 9.78 Å². The van der Waals surface area contributed by atoms with E-state index in [4.69, 9.17) is 19.0 Å². The number of likely N-dealkylation sites (tertiary alicyclic amines) is 1. The summed E-state index contributed by atoms with van der Waals surface area (Å²) in [5.74, 6) is -1.86. The number of nitrogens with zero attached hydrogens (tertiary/aromatic N) is 4. The number of amides is 1. The lowest BCUT2D eigenvalue weighted by molar-refractivity contribution is -0.163. The number of methoxy groups -OCH3 is 1. The molecular formula is C29H36N4O7S. The van der Waals surface area contributed by atoms with Crippen molar-refractivity contribution in [3.63, 3.8) is 0 Å². The third kappa shape index (κ3) is 6.20. The standard InChI is InChI=1S/C29H36N4O7S/c1-18(34)39-29(16-30)15-28(17-32-38-9,25(36)40-27(5,6)7)33(22(29)23-31-12-13-41-23)24(35)19-10-11-20(26(2,3)4)21(14-19)37-8/h10-14,17,22H,15H2,1-9H3/b32-17+. The first kappa shape index (κ1) is 31.5. The highest BCUT2D eigenvalue weighted by Gasteiger charge is 2.69. The lowest BCUT2D eigenvalue weighted by atomic mass is 9.85. The van der Waals surface area contributed by atoms with Crippen molar-refractivity contribution in [1.29, 1.82) is 5.26 Å². The lowest BCUT2D eigenvalue weighted by Gasteiger charge is -2.37. The largest absolute Gasteiger partial charge is 0.496 e. The Morgan fingerprint density at radius 3 is 2.37 bits per heavy atom. The summed E-state index contributed by atoms with van der Waals surface area (Å²) >= 11 is 1.14. The van der Waals surface area contributed by atoms with Crippen LogP contribution in [0.15, 0.2) is 34.9 Å². The zero-order valence-corrected chi connectivity index (χ0v) is 25.6. The van der Waals surface area contributed by atoms with Crippen LogP contribution in [0.2, 0.25) is 0 Å². The van der Waals surface area contributed by atoms with E-state index in [1.807, 2.05) is 20.8 Å². The summed E-state index contributed by atoms with van der Waals surface area (Å²) in [5.41, 5.74) is -4.30. The highest BCUT2D eigenvalue weighted by atomic mass is 32.1. The van der Waals surface area contributed by atoms with Crippen molar-refractivity contribution in [3.8, 4) is 11.8 Å². The number of ether oxygens (including phenoxy) is 3. The molecule has 1 saturated heterocycles.